The molecule has 1 heteroatoms. The normalized spacial score (nSPS) is 9.15. The molecule has 0 aromatic heterocycles. The van der Waals surface area contributed by atoms with Crippen molar-refractivity contribution in [2.45, 2.75) is 34.6 Å². The molecule has 1 nitrogen and oxygen atoms in total. The Hall–Kier alpha value is -1.11. The van der Waals surface area contributed by atoms with E-state index in [1.807, 2.05) is 40.7 Å². The van der Waals surface area contributed by atoms with Crippen molar-refractivity contribution < 1.29 is 0 Å². The molecule has 0 saturated carbocycles. The van der Waals surface area contributed by atoms with Gasteiger partial charge in [-0.25, -0.2) is 0 Å². The highest BCUT2D eigenvalue weighted by atomic mass is 14.6. The van der Waals surface area contributed by atoms with Crippen LogP contribution in [0.25, 0.3) is 0 Å². The Morgan fingerprint density at radius 1 is 1.08 bits per heavy atom. The van der Waals surface area contributed by atoms with Crippen LogP contribution in [0.3, 0.4) is 0 Å². The standard InChI is InChI=1S/C8H11N.2C2H6/c1-4-8(3)6-7-9-5-2;2*1-2/h4-7H,1-2H2,3H3;2*1-2H3/b8-6-,9-7?;;. The maximum atomic E-state index is 3.77. The minimum atomic E-state index is 1.10. The molecule has 0 spiro atoms. The topological polar surface area (TPSA) is 12.4 Å². The zero-order valence-corrected chi connectivity index (χ0v) is 9.67. The van der Waals surface area contributed by atoms with Crippen LogP contribution in [0.2, 0.25) is 0 Å². The number of allylic oxidation sites excluding steroid dienone is 3. The van der Waals surface area contributed by atoms with Gasteiger partial charge in [-0.05, 0) is 13.0 Å². The second kappa shape index (κ2) is 22.4. The molecular weight excluding hydrogens is 158 g/mol. The lowest BCUT2D eigenvalue weighted by atomic mass is 10.3. The third-order valence-electron chi connectivity index (χ3n) is 0.851. The van der Waals surface area contributed by atoms with Crippen LogP contribution in [0.5, 0.6) is 0 Å². The molecule has 0 bridgehead atoms. The molecule has 0 aromatic rings. The summed E-state index contributed by atoms with van der Waals surface area (Å²) in [5.74, 6) is 0. The van der Waals surface area contributed by atoms with Crippen molar-refractivity contribution in [1.82, 2.24) is 0 Å². The molecule has 0 fully saturated rings. The van der Waals surface area contributed by atoms with E-state index in [0.717, 1.165) is 5.57 Å². The number of aliphatic imine (C=N–C) groups is 1. The Balaban J connectivity index is -0.000000218. The van der Waals surface area contributed by atoms with Gasteiger partial charge in [0.2, 0.25) is 0 Å². The fourth-order valence-corrected chi connectivity index (χ4v) is 0.290. The predicted molar refractivity (Wildman–Crippen MR) is 65.3 cm³/mol. The Morgan fingerprint density at radius 2 is 1.54 bits per heavy atom. The first-order valence-electron chi connectivity index (χ1n) is 4.74. The molecule has 0 aliphatic heterocycles. The van der Waals surface area contributed by atoms with Gasteiger partial charge in [-0.1, -0.05) is 52.5 Å². The van der Waals surface area contributed by atoms with Gasteiger partial charge in [0.05, 0.1) is 0 Å². The van der Waals surface area contributed by atoms with Crippen molar-refractivity contribution in [1.29, 1.82) is 0 Å². The Morgan fingerprint density at radius 3 is 1.85 bits per heavy atom. The van der Waals surface area contributed by atoms with Crippen LogP contribution in [0.1, 0.15) is 34.6 Å². The van der Waals surface area contributed by atoms with Crippen LogP contribution in [0.15, 0.2) is 42.1 Å². The molecular formula is C12H23N. The van der Waals surface area contributed by atoms with E-state index < -0.39 is 0 Å². The number of nitrogens with zero attached hydrogens (tertiary/aromatic N) is 1. The van der Waals surface area contributed by atoms with E-state index >= 15 is 0 Å². The Labute approximate surface area is 83.6 Å². The summed E-state index contributed by atoms with van der Waals surface area (Å²) in [7, 11) is 0. The summed E-state index contributed by atoms with van der Waals surface area (Å²) < 4.78 is 0. The van der Waals surface area contributed by atoms with Gasteiger partial charge in [0.15, 0.2) is 0 Å². The van der Waals surface area contributed by atoms with Crippen LogP contribution in [-0.4, -0.2) is 6.21 Å². The summed E-state index contributed by atoms with van der Waals surface area (Å²) in [4.78, 5) is 3.77. The molecule has 0 aliphatic rings. The second-order valence-corrected chi connectivity index (χ2v) is 1.60. The summed E-state index contributed by atoms with van der Waals surface area (Å²) >= 11 is 0. The molecule has 0 amide bonds. The monoisotopic (exact) mass is 181 g/mol. The maximum absolute atomic E-state index is 3.77. The largest absolute Gasteiger partial charge is 0.265 e. The fraction of sp³-hybridized carbons (Fsp3) is 0.417. The summed E-state index contributed by atoms with van der Waals surface area (Å²) in [5.41, 5.74) is 1.10. The quantitative estimate of drug-likeness (QED) is 0.452. The van der Waals surface area contributed by atoms with Crippen LogP contribution >= 0.6 is 0 Å². The first kappa shape index (κ1) is 17.8. The van der Waals surface area contributed by atoms with Gasteiger partial charge >= 0.3 is 0 Å². The molecule has 0 aromatic carbocycles. The average Bonchev–Trinajstić information content (AvgIpc) is 2.24. The highest BCUT2D eigenvalue weighted by molar-refractivity contribution is 5.73. The molecule has 0 aliphatic carbocycles. The van der Waals surface area contributed by atoms with E-state index in [0.29, 0.717) is 0 Å². The molecule has 0 rings (SSSR count). The molecule has 0 saturated heterocycles. The Bertz CT molecular complexity index is 153. The number of hydrogen-bond donors (Lipinski definition) is 0. The van der Waals surface area contributed by atoms with E-state index in [-0.39, 0.29) is 0 Å². The van der Waals surface area contributed by atoms with Crippen molar-refractivity contribution >= 4 is 6.21 Å². The van der Waals surface area contributed by atoms with E-state index in [9.17, 15) is 0 Å². The molecule has 0 atom stereocenters. The lowest BCUT2D eigenvalue weighted by Gasteiger charge is -1.81. The van der Waals surface area contributed by atoms with Crippen LogP contribution in [-0.2, 0) is 0 Å². The van der Waals surface area contributed by atoms with Crippen LogP contribution < -0.4 is 0 Å². The number of rotatable bonds is 3. The summed E-state index contributed by atoms with van der Waals surface area (Å²) in [6, 6.07) is 0. The SMILES string of the molecule is C=CN=C/C=C(/C)C=C.CC.CC. The third-order valence-corrected chi connectivity index (χ3v) is 0.851. The first-order chi connectivity index (χ1) is 6.31. The molecule has 0 radical (unpaired) electrons. The third kappa shape index (κ3) is 24.8. The van der Waals surface area contributed by atoms with Crippen LogP contribution in [0, 0.1) is 0 Å². The lowest BCUT2D eigenvalue weighted by Crippen LogP contribution is -1.67. The maximum Gasteiger partial charge on any atom is 0.0270 e. The predicted octanol–water partition coefficient (Wildman–Crippen LogP) is 4.39. The first-order valence-corrected chi connectivity index (χ1v) is 4.74. The Kier molecular flexibility index (Phi) is 30.8. The molecule has 0 unspecified atom stereocenters. The highest BCUT2D eigenvalue weighted by Crippen LogP contribution is 1.88. The van der Waals surface area contributed by atoms with Crippen molar-refractivity contribution in [3.05, 3.63) is 37.1 Å². The van der Waals surface area contributed by atoms with Gasteiger partial charge in [0.25, 0.3) is 0 Å². The second-order valence-electron chi connectivity index (χ2n) is 1.60. The minimum Gasteiger partial charge on any atom is -0.265 e. The highest BCUT2D eigenvalue weighted by Gasteiger charge is 1.71. The smallest absolute Gasteiger partial charge is 0.0270 e. The van der Waals surface area contributed by atoms with Crippen molar-refractivity contribution in [3.8, 4) is 0 Å². The van der Waals surface area contributed by atoms with Crippen molar-refractivity contribution in [3.63, 3.8) is 0 Å². The van der Waals surface area contributed by atoms with Crippen molar-refractivity contribution in [2.75, 3.05) is 0 Å². The zero-order chi connectivity index (χ0) is 11.1. The fourth-order valence-electron chi connectivity index (χ4n) is 0.290. The van der Waals surface area contributed by atoms with Crippen molar-refractivity contribution in [2.24, 2.45) is 4.99 Å². The van der Waals surface area contributed by atoms with E-state index in [4.69, 9.17) is 0 Å². The summed E-state index contributed by atoms with van der Waals surface area (Å²) in [6.07, 6.45) is 6.82. The summed E-state index contributed by atoms with van der Waals surface area (Å²) in [5, 5.41) is 0. The van der Waals surface area contributed by atoms with E-state index in [1.165, 1.54) is 6.20 Å². The van der Waals surface area contributed by atoms with Gasteiger partial charge in [-0.3, -0.25) is 4.99 Å². The lowest BCUT2D eigenvalue weighted by molar-refractivity contribution is 1.50. The minimum absolute atomic E-state index is 1.10. The van der Waals surface area contributed by atoms with Gasteiger partial charge in [-0.15, -0.1) is 0 Å². The van der Waals surface area contributed by atoms with E-state index in [2.05, 4.69) is 18.2 Å². The van der Waals surface area contributed by atoms with Gasteiger partial charge in [0.1, 0.15) is 0 Å². The summed E-state index contributed by atoms with van der Waals surface area (Å²) in [6.45, 7) is 17.0. The molecule has 76 valence electrons. The average molecular weight is 181 g/mol. The van der Waals surface area contributed by atoms with Gasteiger partial charge in [0, 0.05) is 12.4 Å². The molecule has 0 heterocycles. The van der Waals surface area contributed by atoms with Gasteiger partial charge < -0.3 is 0 Å². The molecule has 0 N–H and O–H groups in total. The van der Waals surface area contributed by atoms with Gasteiger partial charge in [-0.2, -0.15) is 0 Å². The zero-order valence-electron chi connectivity index (χ0n) is 9.67. The number of hydrogen-bond acceptors (Lipinski definition) is 1. The molecule has 13 heavy (non-hydrogen) atoms. The van der Waals surface area contributed by atoms with E-state index in [1.54, 1.807) is 12.3 Å². The van der Waals surface area contributed by atoms with Crippen LogP contribution in [0.4, 0.5) is 0 Å².